The van der Waals surface area contributed by atoms with Gasteiger partial charge in [0.05, 0.1) is 11.5 Å². The number of carbonyl (C=O) groups is 3. The summed E-state index contributed by atoms with van der Waals surface area (Å²) in [7, 11) is 0. The van der Waals surface area contributed by atoms with Crippen LogP contribution >= 0.6 is 11.3 Å². The second-order valence-electron chi connectivity index (χ2n) is 5.78. The molecule has 1 aromatic heterocycles. The molecular weight excluding hydrogens is 320 g/mol. The predicted molar refractivity (Wildman–Crippen MR) is 83.8 cm³/mol. The minimum absolute atomic E-state index is 0.142. The zero-order valence-electron chi connectivity index (χ0n) is 12.5. The fraction of sp³-hybridized carbons (Fsp3) is 0.533. The summed E-state index contributed by atoms with van der Waals surface area (Å²) < 4.78 is 5.33. The van der Waals surface area contributed by atoms with E-state index in [1.807, 2.05) is 0 Å². The Morgan fingerprint density at radius 1 is 1.26 bits per heavy atom. The molecule has 124 valence electrons. The average molecular weight is 338 g/mol. The number of anilines is 1. The minimum Gasteiger partial charge on any atom is -0.481 e. The summed E-state index contributed by atoms with van der Waals surface area (Å²) in [4.78, 5) is 36.4. The van der Waals surface area contributed by atoms with Crippen molar-refractivity contribution in [1.82, 2.24) is 0 Å². The van der Waals surface area contributed by atoms with Crippen molar-refractivity contribution >= 4 is 34.1 Å². The quantitative estimate of drug-likeness (QED) is 0.768. The first-order valence-electron chi connectivity index (χ1n) is 7.59. The molecule has 1 saturated heterocycles. The van der Waals surface area contributed by atoms with Crippen molar-refractivity contribution in [2.75, 3.05) is 11.9 Å². The molecule has 0 saturated carbocycles. The summed E-state index contributed by atoms with van der Waals surface area (Å²) in [5.74, 6) is -2.73. The molecule has 3 rings (SSSR count). The van der Waals surface area contributed by atoms with Gasteiger partial charge in [0.1, 0.15) is 11.1 Å². The third kappa shape index (κ3) is 2.96. The molecular formula is C15H18N2O5S. The average Bonchev–Trinajstić information content (AvgIpc) is 3.13. The van der Waals surface area contributed by atoms with Crippen LogP contribution in [0.15, 0.2) is 0 Å². The molecule has 0 aromatic carbocycles. The van der Waals surface area contributed by atoms with E-state index in [4.69, 9.17) is 10.5 Å². The second kappa shape index (κ2) is 6.29. The third-order valence-electron chi connectivity index (χ3n) is 4.27. The molecule has 1 fully saturated rings. The number of thiophene rings is 1. The molecule has 4 N–H and O–H groups in total. The van der Waals surface area contributed by atoms with E-state index in [9.17, 15) is 19.5 Å². The van der Waals surface area contributed by atoms with Crippen LogP contribution in [0.4, 0.5) is 5.00 Å². The largest absolute Gasteiger partial charge is 0.481 e. The number of primary amides is 1. The molecule has 0 spiro atoms. The Morgan fingerprint density at radius 3 is 2.65 bits per heavy atom. The molecule has 2 unspecified atom stereocenters. The monoisotopic (exact) mass is 338 g/mol. The van der Waals surface area contributed by atoms with Crippen LogP contribution in [-0.2, 0) is 20.7 Å². The zero-order valence-corrected chi connectivity index (χ0v) is 13.3. The van der Waals surface area contributed by atoms with Gasteiger partial charge in [-0.15, -0.1) is 11.3 Å². The van der Waals surface area contributed by atoms with Gasteiger partial charge in [-0.3, -0.25) is 14.4 Å². The van der Waals surface area contributed by atoms with Gasteiger partial charge in [-0.2, -0.15) is 0 Å². The van der Waals surface area contributed by atoms with Crippen molar-refractivity contribution in [3.63, 3.8) is 0 Å². The number of aryl methyl sites for hydroxylation is 1. The molecule has 2 amide bonds. The number of carboxylic acid groups (broad SMARTS) is 1. The number of hydrogen-bond donors (Lipinski definition) is 3. The molecule has 8 heteroatoms. The van der Waals surface area contributed by atoms with Crippen LogP contribution in [0.25, 0.3) is 0 Å². The predicted octanol–water partition coefficient (Wildman–Crippen LogP) is 1.47. The molecule has 1 aliphatic carbocycles. The highest BCUT2D eigenvalue weighted by molar-refractivity contribution is 7.17. The lowest BCUT2D eigenvalue weighted by atomic mass is 9.85. The SMILES string of the molecule is NC(=O)c1c(NC(=O)C2CCCO2)sc2c1C(C(=O)O)CCC2. The third-order valence-corrected chi connectivity index (χ3v) is 5.45. The molecule has 1 aromatic rings. The fourth-order valence-corrected chi connectivity index (χ4v) is 4.52. The van der Waals surface area contributed by atoms with Crippen LogP contribution in [0.1, 0.15) is 52.4 Å². The van der Waals surface area contributed by atoms with Crippen LogP contribution in [0, 0.1) is 0 Å². The molecule has 23 heavy (non-hydrogen) atoms. The highest BCUT2D eigenvalue weighted by atomic mass is 32.1. The number of aliphatic carboxylic acids is 1. The first kappa shape index (κ1) is 15.9. The second-order valence-corrected chi connectivity index (χ2v) is 6.89. The van der Waals surface area contributed by atoms with Crippen molar-refractivity contribution in [2.45, 2.75) is 44.1 Å². The van der Waals surface area contributed by atoms with E-state index >= 15 is 0 Å². The van der Waals surface area contributed by atoms with E-state index in [0.717, 1.165) is 17.7 Å². The molecule has 1 aliphatic heterocycles. The number of carbonyl (C=O) groups excluding carboxylic acids is 2. The number of ether oxygens (including phenoxy) is 1. The Bertz CT molecular complexity index is 663. The number of rotatable bonds is 4. The molecule has 0 radical (unpaired) electrons. The molecule has 7 nitrogen and oxygen atoms in total. The summed E-state index contributed by atoms with van der Waals surface area (Å²) in [5, 5.41) is 12.5. The van der Waals surface area contributed by atoms with Crippen LogP contribution in [0.5, 0.6) is 0 Å². The Balaban J connectivity index is 1.96. The van der Waals surface area contributed by atoms with Crippen LogP contribution in [0.2, 0.25) is 0 Å². The van der Waals surface area contributed by atoms with Crippen molar-refractivity contribution in [3.05, 3.63) is 16.0 Å². The number of amides is 2. The summed E-state index contributed by atoms with van der Waals surface area (Å²) in [6.45, 7) is 0.544. The van der Waals surface area contributed by atoms with Crippen LogP contribution in [0.3, 0.4) is 0 Å². The van der Waals surface area contributed by atoms with E-state index in [1.165, 1.54) is 11.3 Å². The van der Waals surface area contributed by atoms with Gasteiger partial charge in [-0.25, -0.2) is 0 Å². The van der Waals surface area contributed by atoms with Crippen molar-refractivity contribution in [2.24, 2.45) is 5.73 Å². The Morgan fingerprint density at radius 2 is 2.04 bits per heavy atom. The smallest absolute Gasteiger partial charge is 0.311 e. The van der Waals surface area contributed by atoms with E-state index in [1.54, 1.807) is 0 Å². The topological polar surface area (TPSA) is 119 Å². The highest BCUT2D eigenvalue weighted by Crippen LogP contribution is 2.43. The lowest BCUT2D eigenvalue weighted by Gasteiger charge is -2.19. The maximum absolute atomic E-state index is 12.2. The number of fused-ring (bicyclic) bond motifs is 1. The standard InChI is InChI=1S/C15H18N2O5S/c16-12(18)11-10-7(15(20)21)3-1-5-9(10)23-14(11)17-13(19)8-4-2-6-22-8/h7-8H,1-6H2,(H2,16,18)(H,17,19)(H,20,21). The molecule has 2 heterocycles. The maximum atomic E-state index is 12.2. The van der Waals surface area contributed by atoms with E-state index in [0.29, 0.717) is 36.4 Å². The molecule has 2 aliphatic rings. The number of nitrogens with one attached hydrogen (secondary N) is 1. The summed E-state index contributed by atoms with van der Waals surface area (Å²) in [6, 6.07) is 0. The first-order chi connectivity index (χ1) is 11.0. The summed E-state index contributed by atoms with van der Waals surface area (Å²) >= 11 is 1.25. The normalized spacial score (nSPS) is 23.3. The Labute approximate surface area is 136 Å². The number of hydrogen-bond acceptors (Lipinski definition) is 5. The summed E-state index contributed by atoms with van der Waals surface area (Å²) in [5.41, 5.74) is 6.08. The number of carboxylic acids is 1. The molecule has 0 bridgehead atoms. The van der Waals surface area contributed by atoms with Crippen LogP contribution < -0.4 is 11.1 Å². The van der Waals surface area contributed by atoms with Gasteiger partial charge in [0.25, 0.3) is 11.8 Å². The van der Waals surface area contributed by atoms with Gasteiger partial charge in [-0.05, 0) is 37.7 Å². The fourth-order valence-electron chi connectivity index (χ4n) is 3.21. The molecule has 2 atom stereocenters. The zero-order chi connectivity index (χ0) is 16.6. The lowest BCUT2D eigenvalue weighted by molar-refractivity contribution is -0.139. The van der Waals surface area contributed by atoms with E-state index in [-0.39, 0.29) is 11.5 Å². The van der Waals surface area contributed by atoms with Crippen LogP contribution in [-0.4, -0.2) is 35.6 Å². The van der Waals surface area contributed by atoms with Gasteiger partial charge in [0, 0.05) is 11.5 Å². The van der Waals surface area contributed by atoms with Gasteiger partial charge in [0.15, 0.2) is 0 Å². The van der Waals surface area contributed by atoms with Gasteiger partial charge < -0.3 is 20.9 Å². The maximum Gasteiger partial charge on any atom is 0.311 e. The van der Waals surface area contributed by atoms with E-state index < -0.39 is 23.9 Å². The van der Waals surface area contributed by atoms with E-state index in [2.05, 4.69) is 5.32 Å². The Hall–Kier alpha value is -1.93. The minimum atomic E-state index is -0.969. The van der Waals surface area contributed by atoms with Crippen molar-refractivity contribution in [1.29, 1.82) is 0 Å². The van der Waals surface area contributed by atoms with Gasteiger partial charge in [-0.1, -0.05) is 0 Å². The van der Waals surface area contributed by atoms with Crippen molar-refractivity contribution < 1.29 is 24.2 Å². The van der Waals surface area contributed by atoms with Crippen molar-refractivity contribution in [3.8, 4) is 0 Å². The number of nitrogens with two attached hydrogens (primary N) is 1. The van der Waals surface area contributed by atoms with Gasteiger partial charge >= 0.3 is 5.97 Å². The highest BCUT2D eigenvalue weighted by Gasteiger charge is 2.35. The first-order valence-corrected chi connectivity index (χ1v) is 8.41. The lowest BCUT2D eigenvalue weighted by Crippen LogP contribution is -2.28. The van der Waals surface area contributed by atoms with Gasteiger partial charge in [0.2, 0.25) is 0 Å². The Kier molecular flexibility index (Phi) is 4.36. The summed E-state index contributed by atoms with van der Waals surface area (Å²) in [6.07, 6.45) is 2.84.